The first kappa shape index (κ1) is 19.1. The topological polar surface area (TPSA) is 73.2 Å². The number of carbonyl (C=O) groups is 2. The third-order valence-electron chi connectivity index (χ3n) is 3.90. The van der Waals surface area contributed by atoms with E-state index in [-0.39, 0.29) is 30.6 Å². The highest BCUT2D eigenvalue weighted by Gasteiger charge is 2.14. The lowest BCUT2D eigenvalue weighted by molar-refractivity contribution is -0.121. The Balaban J connectivity index is 1.86. The van der Waals surface area contributed by atoms with Crippen molar-refractivity contribution >= 4 is 17.5 Å². The van der Waals surface area contributed by atoms with Crippen molar-refractivity contribution < 1.29 is 14.0 Å². The van der Waals surface area contributed by atoms with Crippen LogP contribution in [0.15, 0.2) is 48.5 Å². The molecule has 5 nitrogen and oxygen atoms in total. The van der Waals surface area contributed by atoms with Gasteiger partial charge in [0.15, 0.2) is 0 Å². The Morgan fingerprint density at radius 1 is 1.19 bits per heavy atom. The van der Waals surface area contributed by atoms with Gasteiger partial charge < -0.3 is 10.2 Å². The molecule has 6 heteroatoms. The number of anilines is 1. The first-order chi connectivity index (χ1) is 12.5. The minimum atomic E-state index is -0.290. The second-order valence-electron chi connectivity index (χ2n) is 5.77. The standard InChI is InChI=1S/C20H20FN3O2/c1-15(25)24(18-7-4-5-16(13-18)14-22)12-10-20(26)23-11-9-17-6-2-3-8-19(17)21/h2-8,13H,9-12H2,1H3,(H,23,26). The summed E-state index contributed by atoms with van der Waals surface area (Å²) in [7, 11) is 0. The molecule has 0 unspecified atom stereocenters. The van der Waals surface area contributed by atoms with Gasteiger partial charge in [0.05, 0.1) is 11.6 Å². The van der Waals surface area contributed by atoms with Gasteiger partial charge in [0.1, 0.15) is 5.82 Å². The molecular formula is C20H20FN3O2. The van der Waals surface area contributed by atoms with Crippen molar-refractivity contribution in [3.05, 3.63) is 65.5 Å². The summed E-state index contributed by atoms with van der Waals surface area (Å²) in [4.78, 5) is 25.3. The van der Waals surface area contributed by atoms with E-state index in [0.29, 0.717) is 29.8 Å². The maximum absolute atomic E-state index is 13.5. The highest BCUT2D eigenvalue weighted by molar-refractivity contribution is 5.92. The molecule has 1 N–H and O–H groups in total. The molecule has 0 aliphatic heterocycles. The molecule has 0 aromatic heterocycles. The number of nitrogens with zero attached hydrogens (tertiary/aromatic N) is 2. The number of halogens is 1. The number of amides is 2. The number of nitrogens with one attached hydrogen (secondary N) is 1. The van der Waals surface area contributed by atoms with Gasteiger partial charge in [0.2, 0.25) is 11.8 Å². The molecule has 26 heavy (non-hydrogen) atoms. The second kappa shape index (κ2) is 9.33. The van der Waals surface area contributed by atoms with Crippen molar-refractivity contribution in [3.63, 3.8) is 0 Å². The van der Waals surface area contributed by atoms with Crippen LogP contribution in [0.5, 0.6) is 0 Å². The van der Waals surface area contributed by atoms with Crippen LogP contribution >= 0.6 is 0 Å². The molecule has 0 bridgehead atoms. The zero-order chi connectivity index (χ0) is 18.9. The third-order valence-corrected chi connectivity index (χ3v) is 3.90. The molecule has 0 aliphatic carbocycles. The molecule has 2 rings (SSSR count). The van der Waals surface area contributed by atoms with E-state index in [1.54, 1.807) is 42.5 Å². The summed E-state index contributed by atoms with van der Waals surface area (Å²) in [6, 6.07) is 15.1. The number of hydrogen-bond acceptors (Lipinski definition) is 3. The van der Waals surface area contributed by atoms with Crippen LogP contribution in [0.25, 0.3) is 0 Å². The second-order valence-corrected chi connectivity index (χ2v) is 5.77. The van der Waals surface area contributed by atoms with Crippen LogP contribution in [-0.4, -0.2) is 24.9 Å². The molecule has 2 aromatic carbocycles. The Bertz CT molecular complexity index is 830. The molecular weight excluding hydrogens is 333 g/mol. The largest absolute Gasteiger partial charge is 0.356 e. The van der Waals surface area contributed by atoms with Gasteiger partial charge in [0.25, 0.3) is 0 Å². The quantitative estimate of drug-likeness (QED) is 0.832. The predicted octanol–water partition coefficient (Wildman–Crippen LogP) is 2.80. The lowest BCUT2D eigenvalue weighted by Gasteiger charge is -2.21. The molecule has 2 amide bonds. The van der Waals surface area contributed by atoms with Crippen molar-refractivity contribution in [3.8, 4) is 6.07 Å². The SMILES string of the molecule is CC(=O)N(CCC(=O)NCCc1ccccc1F)c1cccc(C#N)c1. The van der Waals surface area contributed by atoms with E-state index in [0.717, 1.165) is 0 Å². The fourth-order valence-electron chi connectivity index (χ4n) is 2.55. The summed E-state index contributed by atoms with van der Waals surface area (Å²) in [6.45, 7) is 1.94. The van der Waals surface area contributed by atoms with E-state index < -0.39 is 0 Å². The molecule has 0 aliphatic rings. The van der Waals surface area contributed by atoms with Crippen LogP contribution < -0.4 is 10.2 Å². The summed E-state index contributed by atoms with van der Waals surface area (Å²) < 4.78 is 13.5. The smallest absolute Gasteiger partial charge is 0.223 e. The zero-order valence-electron chi connectivity index (χ0n) is 14.5. The summed E-state index contributed by atoms with van der Waals surface area (Å²) in [5.41, 5.74) is 1.57. The van der Waals surface area contributed by atoms with Gasteiger partial charge in [-0.15, -0.1) is 0 Å². The summed E-state index contributed by atoms with van der Waals surface area (Å²) >= 11 is 0. The Morgan fingerprint density at radius 3 is 2.65 bits per heavy atom. The monoisotopic (exact) mass is 353 g/mol. The van der Waals surface area contributed by atoms with Crippen LogP contribution in [0.4, 0.5) is 10.1 Å². The lowest BCUT2D eigenvalue weighted by Crippen LogP contribution is -2.34. The molecule has 0 saturated carbocycles. The van der Waals surface area contributed by atoms with Crippen molar-refractivity contribution in [2.75, 3.05) is 18.0 Å². The highest BCUT2D eigenvalue weighted by atomic mass is 19.1. The minimum Gasteiger partial charge on any atom is -0.356 e. The molecule has 0 fully saturated rings. The zero-order valence-corrected chi connectivity index (χ0v) is 14.5. The third kappa shape index (κ3) is 5.42. The van der Waals surface area contributed by atoms with Gasteiger partial charge >= 0.3 is 0 Å². The van der Waals surface area contributed by atoms with Gasteiger partial charge in [-0.3, -0.25) is 9.59 Å². The van der Waals surface area contributed by atoms with E-state index in [1.165, 1.54) is 17.9 Å². The van der Waals surface area contributed by atoms with Gasteiger partial charge in [-0.1, -0.05) is 24.3 Å². The van der Waals surface area contributed by atoms with Crippen LogP contribution in [0, 0.1) is 17.1 Å². The van der Waals surface area contributed by atoms with Crippen molar-refractivity contribution in [1.82, 2.24) is 5.32 Å². The van der Waals surface area contributed by atoms with Crippen molar-refractivity contribution in [2.24, 2.45) is 0 Å². The summed E-state index contributed by atoms with van der Waals surface area (Å²) in [5.74, 6) is -0.717. The van der Waals surface area contributed by atoms with Crippen LogP contribution in [0.1, 0.15) is 24.5 Å². The average molecular weight is 353 g/mol. The highest BCUT2D eigenvalue weighted by Crippen LogP contribution is 2.16. The van der Waals surface area contributed by atoms with Gasteiger partial charge in [-0.25, -0.2) is 4.39 Å². The normalized spacial score (nSPS) is 10.0. The first-order valence-corrected chi connectivity index (χ1v) is 8.29. The van der Waals surface area contributed by atoms with Crippen LogP contribution in [0.2, 0.25) is 0 Å². The predicted molar refractivity (Wildman–Crippen MR) is 96.9 cm³/mol. The maximum Gasteiger partial charge on any atom is 0.223 e. The number of nitriles is 1. The van der Waals surface area contributed by atoms with E-state index in [1.807, 2.05) is 6.07 Å². The average Bonchev–Trinajstić information content (AvgIpc) is 2.63. The minimum absolute atomic E-state index is 0.119. The fourth-order valence-corrected chi connectivity index (χ4v) is 2.55. The molecule has 0 radical (unpaired) electrons. The first-order valence-electron chi connectivity index (χ1n) is 8.29. The number of rotatable bonds is 7. The fraction of sp³-hybridized carbons (Fsp3) is 0.250. The molecule has 0 atom stereocenters. The van der Waals surface area contributed by atoms with E-state index in [9.17, 15) is 14.0 Å². The van der Waals surface area contributed by atoms with E-state index in [2.05, 4.69) is 5.32 Å². The molecule has 2 aromatic rings. The lowest BCUT2D eigenvalue weighted by atomic mass is 10.1. The summed E-state index contributed by atoms with van der Waals surface area (Å²) in [6.07, 6.45) is 0.521. The van der Waals surface area contributed by atoms with Gasteiger partial charge in [-0.05, 0) is 36.2 Å². The van der Waals surface area contributed by atoms with Crippen LogP contribution in [0.3, 0.4) is 0 Å². The molecule has 0 spiro atoms. The van der Waals surface area contributed by atoms with Crippen LogP contribution in [-0.2, 0) is 16.0 Å². The maximum atomic E-state index is 13.5. The molecule has 0 heterocycles. The Hall–Kier alpha value is -3.20. The summed E-state index contributed by atoms with van der Waals surface area (Å²) in [5, 5.41) is 11.7. The number of benzene rings is 2. The van der Waals surface area contributed by atoms with Gasteiger partial charge in [0, 0.05) is 32.1 Å². The molecule has 134 valence electrons. The van der Waals surface area contributed by atoms with Crippen molar-refractivity contribution in [2.45, 2.75) is 19.8 Å². The Morgan fingerprint density at radius 2 is 1.96 bits per heavy atom. The Kier molecular flexibility index (Phi) is 6.86. The van der Waals surface area contributed by atoms with E-state index >= 15 is 0 Å². The van der Waals surface area contributed by atoms with Crippen molar-refractivity contribution in [1.29, 1.82) is 5.26 Å². The van der Waals surface area contributed by atoms with E-state index in [4.69, 9.17) is 5.26 Å². The molecule has 0 saturated heterocycles. The van der Waals surface area contributed by atoms with Gasteiger partial charge in [-0.2, -0.15) is 5.26 Å². The number of hydrogen-bond donors (Lipinski definition) is 1. The Labute approximate surface area is 152 Å². The number of carbonyl (C=O) groups excluding carboxylic acids is 2.